The van der Waals surface area contributed by atoms with E-state index in [1.54, 1.807) is 7.11 Å². The van der Waals surface area contributed by atoms with Crippen LogP contribution in [-0.4, -0.2) is 60.8 Å². The van der Waals surface area contributed by atoms with Crippen LogP contribution in [0.25, 0.3) is 0 Å². The zero-order chi connectivity index (χ0) is 19.2. The van der Waals surface area contributed by atoms with Gasteiger partial charge in [-0.3, -0.25) is 10.1 Å². The summed E-state index contributed by atoms with van der Waals surface area (Å²) in [7, 11) is 1.59. The molecule has 0 radical (unpaired) electrons. The summed E-state index contributed by atoms with van der Waals surface area (Å²) in [5.41, 5.74) is 1.07. The van der Waals surface area contributed by atoms with Crippen LogP contribution in [0.15, 0.2) is 36.7 Å². The number of nitrogens with one attached hydrogen (secondary N) is 1. The van der Waals surface area contributed by atoms with Crippen LogP contribution in [0.1, 0.15) is 6.92 Å². The number of ether oxygens (including phenoxy) is 1. The van der Waals surface area contributed by atoms with Crippen LogP contribution < -0.4 is 15.1 Å². The molecule has 1 fully saturated rings. The van der Waals surface area contributed by atoms with E-state index in [1.165, 1.54) is 6.33 Å². The van der Waals surface area contributed by atoms with Crippen LogP contribution in [-0.2, 0) is 4.74 Å². The lowest BCUT2D eigenvalue weighted by Gasteiger charge is -2.36. The highest BCUT2D eigenvalue weighted by Crippen LogP contribution is 2.33. The van der Waals surface area contributed by atoms with Gasteiger partial charge in [-0.1, -0.05) is 18.2 Å². The van der Waals surface area contributed by atoms with E-state index in [2.05, 4.69) is 32.3 Å². The first kappa shape index (κ1) is 18.8. The van der Waals surface area contributed by atoms with Crippen molar-refractivity contribution in [1.82, 2.24) is 9.97 Å². The Morgan fingerprint density at radius 3 is 2.48 bits per heavy atom. The number of hydrogen-bond acceptors (Lipinski definition) is 8. The van der Waals surface area contributed by atoms with Crippen LogP contribution in [0.4, 0.5) is 23.0 Å². The lowest BCUT2D eigenvalue weighted by Crippen LogP contribution is -2.47. The average molecular weight is 372 g/mol. The smallest absolute Gasteiger partial charge is 0.353 e. The van der Waals surface area contributed by atoms with E-state index >= 15 is 0 Å². The number of benzene rings is 1. The van der Waals surface area contributed by atoms with Crippen LogP contribution >= 0.6 is 0 Å². The zero-order valence-corrected chi connectivity index (χ0v) is 15.5. The van der Waals surface area contributed by atoms with E-state index in [0.29, 0.717) is 25.5 Å². The van der Waals surface area contributed by atoms with Gasteiger partial charge in [0, 0.05) is 45.0 Å². The first-order chi connectivity index (χ1) is 13.1. The molecule has 1 aromatic carbocycles. The van der Waals surface area contributed by atoms with Crippen LogP contribution in [0.5, 0.6) is 0 Å². The van der Waals surface area contributed by atoms with Crippen molar-refractivity contribution in [3.63, 3.8) is 0 Å². The van der Waals surface area contributed by atoms with Crippen molar-refractivity contribution in [2.75, 3.05) is 55.0 Å². The van der Waals surface area contributed by atoms with E-state index in [4.69, 9.17) is 4.74 Å². The van der Waals surface area contributed by atoms with Gasteiger partial charge in [0.2, 0.25) is 11.6 Å². The third-order valence-electron chi connectivity index (χ3n) is 4.49. The molecule has 0 saturated carbocycles. The fourth-order valence-corrected chi connectivity index (χ4v) is 3.21. The molecular formula is C18H24N6O3. The Morgan fingerprint density at radius 2 is 1.85 bits per heavy atom. The van der Waals surface area contributed by atoms with E-state index in [1.807, 2.05) is 30.0 Å². The van der Waals surface area contributed by atoms with Gasteiger partial charge in [-0.2, -0.15) is 0 Å². The van der Waals surface area contributed by atoms with Crippen molar-refractivity contribution in [3.8, 4) is 0 Å². The molecular weight excluding hydrogens is 348 g/mol. The highest BCUT2D eigenvalue weighted by Gasteiger charge is 2.29. The Hall–Kier alpha value is -2.94. The number of piperazine rings is 1. The minimum absolute atomic E-state index is 0.0892. The first-order valence-electron chi connectivity index (χ1n) is 8.90. The standard InChI is InChI=1S/C18H24N6O3/c1-14(12-27-2)21-17-16(24(25)26)18(20-13-19-17)23-10-8-22(9-11-23)15-6-4-3-5-7-15/h3-7,13-14H,8-12H2,1-2H3,(H,19,20,21). The van der Waals surface area contributed by atoms with Crippen molar-refractivity contribution >= 4 is 23.0 Å². The number of nitro groups is 1. The average Bonchev–Trinajstić information content (AvgIpc) is 2.68. The van der Waals surface area contributed by atoms with Crippen molar-refractivity contribution in [2.45, 2.75) is 13.0 Å². The van der Waals surface area contributed by atoms with E-state index < -0.39 is 4.92 Å². The summed E-state index contributed by atoms with van der Waals surface area (Å²) in [6.45, 7) is 5.15. The van der Waals surface area contributed by atoms with Gasteiger partial charge < -0.3 is 19.9 Å². The quantitative estimate of drug-likeness (QED) is 0.583. The summed E-state index contributed by atoms with van der Waals surface area (Å²) in [6.07, 6.45) is 1.37. The van der Waals surface area contributed by atoms with Gasteiger partial charge in [0.15, 0.2) is 0 Å². The molecule has 0 bridgehead atoms. The summed E-state index contributed by atoms with van der Waals surface area (Å²) in [6, 6.07) is 10.0. The lowest BCUT2D eigenvalue weighted by atomic mass is 10.2. The second kappa shape index (κ2) is 8.63. The fourth-order valence-electron chi connectivity index (χ4n) is 3.21. The maximum Gasteiger partial charge on any atom is 0.353 e. The maximum atomic E-state index is 11.7. The van der Waals surface area contributed by atoms with Gasteiger partial charge in [-0.15, -0.1) is 0 Å². The Balaban J connectivity index is 1.77. The van der Waals surface area contributed by atoms with Crippen molar-refractivity contribution in [2.24, 2.45) is 0 Å². The zero-order valence-electron chi connectivity index (χ0n) is 15.5. The molecule has 2 heterocycles. The highest BCUT2D eigenvalue weighted by molar-refractivity contribution is 5.71. The molecule has 9 heteroatoms. The number of aromatic nitrogens is 2. The van der Waals surface area contributed by atoms with Crippen LogP contribution in [0.3, 0.4) is 0 Å². The third-order valence-corrected chi connectivity index (χ3v) is 4.49. The highest BCUT2D eigenvalue weighted by atomic mass is 16.6. The molecule has 1 N–H and O–H groups in total. The normalized spacial score (nSPS) is 15.5. The molecule has 1 aromatic heterocycles. The number of anilines is 3. The van der Waals surface area contributed by atoms with E-state index in [0.717, 1.165) is 18.8 Å². The van der Waals surface area contributed by atoms with Gasteiger partial charge in [-0.25, -0.2) is 9.97 Å². The van der Waals surface area contributed by atoms with Crippen molar-refractivity contribution in [3.05, 3.63) is 46.8 Å². The van der Waals surface area contributed by atoms with Crippen LogP contribution in [0.2, 0.25) is 0 Å². The molecule has 1 saturated heterocycles. The Labute approximate surface area is 158 Å². The Morgan fingerprint density at radius 1 is 1.19 bits per heavy atom. The molecule has 144 valence electrons. The predicted octanol–water partition coefficient (Wildman–Crippen LogP) is 2.16. The summed E-state index contributed by atoms with van der Waals surface area (Å²) in [4.78, 5) is 23.8. The van der Waals surface area contributed by atoms with Crippen LogP contribution in [0, 0.1) is 10.1 Å². The predicted molar refractivity (Wildman–Crippen MR) is 105 cm³/mol. The largest absolute Gasteiger partial charge is 0.383 e. The molecule has 0 aliphatic carbocycles. The molecule has 0 amide bonds. The number of para-hydroxylation sites is 1. The van der Waals surface area contributed by atoms with Gasteiger partial charge in [0.1, 0.15) is 6.33 Å². The first-order valence-corrected chi connectivity index (χ1v) is 8.90. The van der Waals surface area contributed by atoms with Gasteiger partial charge >= 0.3 is 5.69 Å². The lowest BCUT2D eigenvalue weighted by molar-refractivity contribution is -0.383. The Kier molecular flexibility index (Phi) is 6.02. The third kappa shape index (κ3) is 4.43. The minimum Gasteiger partial charge on any atom is -0.383 e. The number of hydrogen-bond donors (Lipinski definition) is 1. The molecule has 1 aliphatic heterocycles. The molecule has 3 rings (SSSR count). The summed E-state index contributed by atoms with van der Waals surface area (Å²) < 4.78 is 5.08. The number of rotatable bonds is 7. The monoisotopic (exact) mass is 372 g/mol. The summed E-state index contributed by atoms with van der Waals surface area (Å²) >= 11 is 0. The number of nitrogens with zero attached hydrogens (tertiary/aromatic N) is 5. The summed E-state index contributed by atoms with van der Waals surface area (Å²) in [5.74, 6) is 0.579. The summed E-state index contributed by atoms with van der Waals surface area (Å²) in [5, 5.41) is 14.8. The topological polar surface area (TPSA) is 96.7 Å². The molecule has 9 nitrogen and oxygen atoms in total. The fraction of sp³-hybridized carbons (Fsp3) is 0.444. The molecule has 1 atom stereocenters. The second-order valence-electron chi connectivity index (χ2n) is 6.46. The second-order valence-corrected chi connectivity index (χ2v) is 6.46. The van der Waals surface area contributed by atoms with Gasteiger partial charge in [0.25, 0.3) is 0 Å². The maximum absolute atomic E-state index is 11.7. The van der Waals surface area contributed by atoms with Gasteiger partial charge in [0.05, 0.1) is 11.5 Å². The Bertz CT molecular complexity index is 765. The molecule has 1 aliphatic rings. The molecule has 0 spiro atoms. The molecule has 2 aromatic rings. The molecule has 1 unspecified atom stereocenters. The SMILES string of the molecule is COCC(C)Nc1ncnc(N2CCN(c3ccccc3)CC2)c1[N+](=O)[O-]. The minimum atomic E-state index is -0.416. The molecule has 27 heavy (non-hydrogen) atoms. The van der Waals surface area contributed by atoms with E-state index in [9.17, 15) is 10.1 Å². The van der Waals surface area contributed by atoms with E-state index in [-0.39, 0.29) is 17.5 Å². The van der Waals surface area contributed by atoms with Crippen molar-refractivity contribution in [1.29, 1.82) is 0 Å². The van der Waals surface area contributed by atoms with Crippen molar-refractivity contribution < 1.29 is 9.66 Å². The number of methoxy groups -OCH3 is 1. The van der Waals surface area contributed by atoms with Gasteiger partial charge in [-0.05, 0) is 19.1 Å².